The summed E-state index contributed by atoms with van der Waals surface area (Å²) in [4.78, 5) is 10.6. The highest BCUT2D eigenvalue weighted by atomic mass is 19.4. The van der Waals surface area contributed by atoms with Gasteiger partial charge in [-0.2, -0.15) is 13.2 Å². The Morgan fingerprint density at radius 3 is 2.64 bits per heavy atom. The molecule has 0 radical (unpaired) electrons. The zero-order valence-electron chi connectivity index (χ0n) is 7.82. The number of amides is 1. The molecule has 6 heteroatoms. The minimum atomic E-state index is -4.78. The first kappa shape index (κ1) is 11.3. The van der Waals surface area contributed by atoms with E-state index in [-0.39, 0.29) is 5.92 Å². The van der Waals surface area contributed by atoms with Gasteiger partial charge >= 0.3 is 12.1 Å². The second-order valence-electron chi connectivity index (χ2n) is 3.55. The minimum absolute atomic E-state index is 0.0857. The lowest BCUT2D eigenvalue weighted by Gasteiger charge is -2.30. The Balaban J connectivity index is 2.46. The Hall–Kier alpha value is -0.780. The summed E-state index contributed by atoms with van der Waals surface area (Å²) in [5.41, 5.74) is 0. The van der Waals surface area contributed by atoms with E-state index >= 15 is 0 Å². The molecule has 1 rings (SSSR count). The van der Waals surface area contributed by atoms with E-state index in [1.54, 1.807) is 0 Å². The molecule has 1 aliphatic heterocycles. The monoisotopic (exact) mass is 210 g/mol. The zero-order chi connectivity index (χ0) is 10.8. The van der Waals surface area contributed by atoms with Gasteiger partial charge in [-0.1, -0.05) is 6.92 Å². The van der Waals surface area contributed by atoms with Gasteiger partial charge in [0.05, 0.1) is 0 Å². The molecule has 1 amide bonds. The summed E-state index contributed by atoms with van der Waals surface area (Å²) in [6.45, 7) is 3.03. The van der Waals surface area contributed by atoms with Crippen molar-refractivity contribution in [1.82, 2.24) is 10.6 Å². The third-order valence-corrected chi connectivity index (χ3v) is 2.40. The SMILES string of the molecule is C[C@@H]1CCNC[C@@H]1NC(=O)C(F)(F)F. The van der Waals surface area contributed by atoms with E-state index < -0.39 is 18.1 Å². The van der Waals surface area contributed by atoms with Gasteiger partial charge in [-0.3, -0.25) is 4.79 Å². The molecule has 14 heavy (non-hydrogen) atoms. The van der Waals surface area contributed by atoms with Crippen molar-refractivity contribution in [3.8, 4) is 0 Å². The van der Waals surface area contributed by atoms with Crippen LogP contribution in [0.4, 0.5) is 13.2 Å². The number of hydrogen-bond acceptors (Lipinski definition) is 2. The smallest absolute Gasteiger partial charge is 0.344 e. The van der Waals surface area contributed by atoms with Gasteiger partial charge in [0.2, 0.25) is 0 Å². The number of carbonyl (C=O) groups excluding carboxylic acids is 1. The molecule has 3 nitrogen and oxygen atoms in total. The van der Waals surface area contributed by atoms with E-state index in [9.17, 15) is 18.0 Å². The van der Waals surface area contributed by atoms with Crippen molar-refractivity contribution < 1.29 is 18.0 Å². The lowest BCUT2D eigenvalue weighted by molar-refractivity contribution is -0.174. The largest absolute Gasteiger partial charge is 0.471 e. The second kappa shape index (κ2) is 4.16. The van der Waals surface area contributed by atoms with Gasteiger partial charge in [-0.25, -0.2) is 0 Å². The van der Waals surface area contributed by atoms with E-state index in [0.29, 0.717) is 6.54 Å². The number of piperidine rings is 1. The summed E-state index contributed by atoms with van der Waals surface area (Å²) in [7, 11) is 0. The molecule has 2 atom stereocenters. The van der Waals surface area contributed by atoms with Crippen molar-refractivity contribution in [2.24, 2.45) is 5.92 Å². The maximum Gasteiger partial charge on any atom is 0.471 e. The summed E-state index contributed by atoms with van der Waals surface area (Å²) >= 11 is 0. The molecular formula is C8H13F3N2O. The lowest BCUT2D eigenvalue weighted by Crippen LogP contribution is -2.53. The average molecular weight is 210 g/mol. The molecule has 0 bridgehead atoms. The highest BCUT2D eigenvalue weighted by molar-refractivity contribution is 5.82. The molecule has 82 valence electrons. The number of nitrogens with one attached hydrogen (secondary N) is 2. The molecule has 1 aliphatic rings. The maximum absolute atomic E-state index is 11.9. The maximum atomic E-state index is 11.9. The first-order valence-electron chi connectivity index (χ1n) is 4.49. The van der Waals surface area contributed by atoms with Crippen LogP contribution < -0.4 is 10.6 Å². The van der Waals surface area contributed by atoms with Crippen LogP contribution in [0.5, 0.6) is 0 Å². The highest BCUT2D eigenvalue weighted by Gasteiger charge is 2.40. The van der Waals surface area contributed by atoms with Gasteiger partial charge in [0, 0.05) is 12.6 Å². The Labute approximate surface area is 80.0 Å². The van der Waals surface area contributed by atoms with Crippen molar-refractivity contribution in [3.63, 3.8) is 0 Å². The molecule has 0 aromatic heterocycles. The fourth-order valence-corrected chi connectivity index (χ4v) is 1.43. The van der Waals surface area contributed by atoms with Gasteiger partial charge in [-0.05, 0) is 18.9 Å². The van der Waals surface area contributed by atoms with Gasteiger partial charge in [0.15, 0.2) is 0 Å². The molecule has 0 saturated carbocycles. The number of halogens is 3. The lowest BCUT2D eigenvalue weighted by atomic mass is 9.95. The summed E-state index contributed by atoms with van der Waals surface area (Å²) in [6, 6.07) is -0.419. The predicted molar refractivity (Wildman–Crippen MR) is 44.6 cm³/mol. The van der Waals surface area contributed by atoms with Crippen LogP contribution in [0.15, 0.2) is 0 Å². The zero-order valence-corrected chi connectivity index (χ0v) is 7.82. The Bertz CT molecular complexity index is 217. The summed E-state index contributed by atoms with van der Waals surface area (Å²) in [6.07, 6.45) is -4.00. The molecule has 0 unspecified atom stereocenters. The second-order valence-corrected chi connectivity index (χ2v) is 3.55. The molecular weight excluding hydrogens is 197 g/mol. The van der Waals surface area contributed by atoms with Crippen molar-refractivity contribution in [2.45, 2.75) is 25.6 Å². The molecule has 1 heterocycles. The van der Waals surface area contributed by atoms with E-state index in [1.165, 1.54) is 0 Å². The van der Waals surface area contributed by atoms with E-state index in [0.717, 1.165) is 13.0 Å². The highest BCUT2D eigenvalue weighted by Crippen LogP contribution is 2.17. The summed E-state index contributed by atoms with van der Waals surface area (Å²) in [5.74, 6) is -1.76. The third-order valence-electron chi connectivity index (χ3n) is 2.40. The summed E-state index contributed by atoms with van der Waals surface area (Å²) in [5, 5.41) is 4.92. The average Bonchev–Trinajstić information content (AvgIpc) is 2.07. The molecule has 1 fully saturated rings. The van der Waals surface area contributed by atoms with Crippen LogP contribution in [0.2, 0.25) is 0 Å². The Morgan fingerprint density at radius 2 is 2.14 bits per heavy atom. The van der Waals surface area contributed by atoms with Crippen LogP contribution >= 0.6 is 0 Å². The Morgan fingerprint density at radius 1 is 1.50 bits per heavy atom. The molecule has 1 saturated heterocycles. The fraction of sp³-hybridized carbons (Fsp3) is 0.875. The van der Waals surface area contributed by atoms with Gasteiger partial charge < -0.3 is 10.6 Å². The van der Waals surface area contributed by atoms with Crippen LogP contribution in [-0.4, -0.2) is 31.2 Å². The van der Waals surface area contributed by atoms with Crippen LogP contribution in [0.1, 0.15) is 13.3 Å². The molecule has 0 spiro atoms. The fourth-order valence-electron chi connectivity index (χ4n) is 1.43. The van der Waals surface area contributed by atoms with E-state index in [2.05, 4.69) is 5.32 Å². The van der Waals surface area contributed by atoms with Crippen molar-refractivity contribution >= 4 is 5.91 Å². The predicted octanol–water partition coefficient (Wildman–Crippen LogP) is 0.663. The quantitative estimate of drug-likeness (QED) is 0.667. The molecule has 2 N–H and O–H groups in total. The van der Waals surface area contributed by atoms with Crippen LogP contribution in [0, 0.1) is 5.92 Å². The molecule has 0 aliphatic carbocycles. The Kier molecular flexibility index (Phi) is 3.36. The minimum Gasteiger partial charge on any atom is -0.344 e. The van der Waals surface area contributed by atoms with E-state index in [1.807, 2.05) is 12.2 Å². The van der Waals surface area contributed by atoms with Crippen LogP contribution in [0.3, 0.4) is 0 Å². The number of alkyl halides is 3. The van der Waals surface area contributed by atoms with Crippen molar-refractivity contribution in [2.75, 3.05) is 13.1 Å². The first-order valence-corrected chi connectivity index (χ1v) is 4.49. The molecule has 0 aromatic rings. The van der Waals surface area contributed by atoms with Crippen LogP contribution in [-0.2, 0) is 4.79 Å². The first-order chi connectivity index (χ1) is 6.41. The summed E-state index contributed by atoms with van der Waals surface area (Å²) < 4.78 is 35.7. The van der Waals surface area contributed by atoms with E-state index in [4.69, 9.17) is 0 Å². The number of rotatable bonds is 1. The van der Waals surface area contributed by atoms with Crippen LogP contribution in [0.25, 0.3) is 0 Å². The molecule has 0 aromatic carbocycles. The van der Waals surface area contributed by atoms with Gasteiger partial charge in [-0.15, -0.1) is 0 Å². The standard InChI is InChI=1S/C8H13F3N2O/c1-5-2-3-12-4-6(5)13-7(14)8(9,10)11/h5-6,12H,2-4H2,1H3,(H,13,14)/t5-,6+/m1/s1. The normalized spacial score (nSPS) is 28.6. The van der Waals surface area contributed by atoms with Crippen molar-refractivity contribution in [1.29, 1.82) is 0 Å². The third kappa shape index (κ3) is 2.87. The van der Waals surface area contributed by atoms with Crippen molar-refractivity contribution in [3.05, 3.63) is 0 Å². The number of carbonyl (C=O) groups is 1. The van der Waals surface area contributed by atoms with Gasteiger partial charge in [0.1, 0.15) is 0 Å². The topological polar surface area (TPSA) is 41.1 Å². The number of hydrogen-bond donors (Lipinski definition) is 2. The van der Waals surface area contributed by atoms with Gasteiger partial charge in [0.25, 0.3) is 0 Å².